The highest BCUT2D eigenvalue weighted by Gasteiger charge is 2.11. The van der Waals surface area contributed by atoms with Crippen molar-refractivity contribution in [2.45, 2.75) is 13.8 Å². The van der Waals surface area contributed by atoms with Crippen LogP contribution in [0.3, 0.4) is 0 Å². The van der Waals surface area contributed by atoms with E-state index in [9.17, 15) is 4.79 Å². The highest BCUT2D eigenvalue weighted by molar-refractivity contribution is 5.95. The molecule has 0 bridgehead atoms. The lowest BCUT2D eigenvalue weighted by Gasteiger charge is -2.15. The molecule has 16 heavy (non-hydrogen) atoms. The molecule has 0 saturated carbocycles. The third-order valence-corrected chi connectivity index (χ3v) is 2.31. The first kappa shape index (κ1) is 12.4. The van der Waals surface area contributed by atoms with Crippen molar-refractivity contribution in [2.75, 3.05) is 25.9 Å². The second kappa shape index (κ2) is 5.39. The lowest BCUT2D eigenvalue weighted by atomic mass is 10.1. The van der Waals surface area contributed by atoms with Crippen LogP contribution in [0.25, 0.3) is 0 Å². The summed E-state index contributed by atoms with van der Waals surface area (Å²) in [6, 6.07) is 5.09. The molecule has 0 unspecified atom stereocenters. The molecule has 0 fully saturated rings. The van der Waals surface area contributed by atoms with Gasteiger partial charge in [0.1, 0.15) is 5.75 Å². The molecule has 0 atom stereocenters. The molecule has 0 saturated heterocycles. The molecule has 1 aromatic rings. The van der Waals surface area contributed by atoms with E-state index in [0.29, 0.717) is 30.2 Å². The second-order valence-electron chi connectivity index (χ2n) is 3.54. The van der Waals surface area contributed by atoms with E-state index in [2.05, 4.69) is 0 Å². The number of carbonyl (C=O) groups excluding carboxylic acids is 1. The van der Waals surface area contributed by atoms with Gasteiger partial charge in [0.15, 0.2) is 0 Å². The highest BCUT2D eigenvalue weighted by Crippen LogP contribution is 2.19. The predicted molar refractivity (Wildman–Crippen MR) is 64.7 cm³/mol. The van der Waals surface area contributed by atoms with Crippen LogP contribution in [-0.2, 0) is 0 Å². The lowest BCUT2D eigenvalue weighted by molar-refractivity contribution is 0.0802. The van der Waals surface area contributed by atoms with Gasteiger partial charge in [-0.3, -0.25) is 4.79 Å². The molecule has 1 amide bonds. The number of ether oxygens (including phenoxy) is 1. The minimum atomic E-state index is -0.0456. The monoisotopic (exact) mass is 222 g/mol. The van der Waals surface area contributed by atoms with Crippen LogP contribution in [0.5, 0.6) is 5.75 Å². The summed E-state index contributed by atoms with van der Waals surface area (Å²) in [5, 5.41) is 0. The molecule has 4 nitrogen and oxygen atoms in total. The molecule has 1 aromatic carbocycles. The number of nitrogens with zero attached hydrogens (tertiary/aromatic N) is 1. The first-order valence-electron chi connectivity index (χ1n) is 5.37. The van der Waals surface area contributed by atoms with Crippen molar-refractivity contribution < 1.29 is 9.53 Å². The van der Waals surface area contributed by atoms with Gasteiger partial charge in [0, 0.05) is 30.9 Å². The molecule has 1 rings (SSSR count). The van der Waals surface area contributed by atoms with Crippen LogP contribution in [0.1, 0.15) is 24.2 Å². The third-order valence-electron chi connectivity index (χ3n) is 2.31. The van der Waals surface area contributed by atoms with Gasteiger partial charge < -0.3 is 15.4 Å². The Morgan fingerprint density at radius 3 is 2.62 bits per heavy atom. The Morgan fingerprint density at radius 2 is 2.06 bits per heavy atom. The summed E-state index contributed by atoms with van der Waals surface area (Å²) in [5.74, 6) is 0.589. The molecule has 4 heteroatoms. The number of anilines is 1. The first-order chi connectivity index (χ1) is 7.58. The summed E-state index contributed by atoms with van der Waals surface area (Å²) >= 11 is 0. The van der Waals surface area contributed by atoms with Gasteiger partial charge in [-0.15, -0.1) is 0 Å². The van der Waals surface area contributed by atoms with Crippen molar-refractivity contribution >= 4 is 11.6 Å². The molecule has 2 N–H and O–H groups in total. The molecular formula is C12H18N2O2. The standard InChI is InChI=1S/C12H18N2O2/c1-4-14(3)12(15)9-6-10(13)8-11(7-9)16-5-2/h6-8H,4-5,13H2,1-3H3. The normalized spacial score (nSPS) is 9.94. The van der Waals surface area contributed by atoms with Crippen LogP contribution in [0.2, 0.25) is 0 Å². The molecule has 0 spiro atoms. The zero-order valence-corrected chi connectivity index (χ0v) is 9.99. The highest BCUT2D eigenvalue weighted by atomic mass is 16.5. The van der Waals surface area contributed by atoms with Crippen LogP contribution < -0.4 is 10.5 Å². The molecule has 0 radical (unpaired) electrons. The van der Waals surface area contributed by atoms with Gasteiger partial charge in [0.25, 0.3) is 5.91 Å². The van der Waals surface area contributed by atoms with E-state index in [1.807, 2.05) is 13.8 Å². The van der Waals surface area contributed by atoms with Crippen LogP contribution in [-0.4, -0.2) is 31.0 Å². The minimum absolute atomic E-state index is 0.0456. The van der Waals surface area contributed by atoms with Gasteiger partial charge in [-0.25, -0.2) is 0 Å². The average molecular weight is 222 g/mol. The molecular weight excluding hydrogens is 204 g/mol. The van der Waals surface area contributed by atoms with Gasteiger partial charge in [-0.1, -0.05) is 0 Å². The number of hydrogen-bond acceptors (Lipinski definition) is 3. The van der Waals surface area contributed by atoms with Crippen molar-refractivity contribution in [3.05, 3.63) is 23.8 Å². The molecule has 0 aromatic heterocycles. The Hall–Kier alpha value is -1.71. The number of amides is 1. The van der Waals surface area contributed by atoms with Gasteiger partial charge in [-0.05, 0) is 26.0 Å². The molecule has 0 aliphatic carbocycles. The summed E-state index contributed by atoms with van der Waals surface area (Å²) in [5.41, 5.74) is 6.82. The molecule has 88 valence electrons. The number of nitrogen functional groups attached to an aromatic ring is 1. The van der Waals surface area contributed by atoms with E-state index in [-0.39, 0.29) is 5.91 Å². The molecule has 0 heterocycles. The quantitative estimate of drug-likeness (QED) is 0.790. The fraction of sp³-hybridized carbons (Fsp3) is 0.417. The predicted octanol–water partition coefficient (Wildman–Crippen LogP) is 1.76. The van der Waals surface area contributed by atoms with Crippen LogP contribution in [0, 0.1) is 0 Å². The Labute approximate surface area is 96.0 Å². The lowest BCUT2D eigenvalue weighted by Crippen LogP contribution is -2.26. The van der Waals surface area contributed by atoms with E-state index in [1.165, 1.54) is 0 Å². The summed E-state index contributed by atoms with van der Waals surface area (Å²) < 4.78 is 5.34. The number of benzene rings is 1. The largest absolute Gasteiger partial charge is 0.494 e. The zero-order valence-electron chi connectivity index (χ0n) is 9.99. The topological polar surface area (TPSA) is 55.6 Å². The molecule has 0 aliphatic heterocycles. The van der Waals surface area contributed by atoms with Crippen molar-refractivity contribution in [3.8, 4) is 5.75 Å². The number of rotatable bonds is 4. The third kappa shape index (κ3) is 2.89. The van der Waals surface area contributed by atoms with Crippen LogP contribution in [0.4, 0.5) is 5.69 Å². The number of carbonyl (C=O) groups is 1. The fourth-order valence-corrected chi connectivity index (χ4v) is 1.36. The number of nitrogens with two attached hydrogens (primary N) is 1. The van der Waals surface area contributed by atoms with E-state index in [1.54, 1.807) is 30.1 Å². The Bertz CT molecular complexity index is 377. The molecule has 0 aliphatic rings. The van der Waals surface area contributed by atoms with Crippen molar-refractivity contribution in [3.63, 3.8) is 0 Å². The van der Waals surface area contributed by atoms with Crippen LogP contribution >= 0.6 is 0 Å². The van der Waals surface area contributed by atoms with Crippen molar-refractivity contribution in [1.82, 2.24) is 4.90 Å². The van der Waals surface area contributed by atoms with E-state index >= 15 is 0 Å². The van der Waals surface area contributed by atoms with Crippen molar-refractivity contribution in [2.24, 2.45) is 0 Å². The van der Waals surface area contributed by atoms with Crippen molar-refractivity contribution in [1.29, 1.82) is 0 Å². The Balaban J connectivity index is 2.99. The van der Waals surface area contributed by atoms with Gasteiger partial charge in [0.2, 0.25) is 0 Å². The van der Waals surface area contributed by atoms with E-state index in [0.717, 1.165) is 0 Å². The second-order valence-corrected chi connectivity index (χ2v) is 3.54. The maximum Gasteiger partial charge on any atom is 0.253 e. The summed E-state index contributed by atoms with van der Waals surface area (Å²) in [7, 11) is 1.76. The minimum Gasteiger partial charge on any atom is -0.494 e. The zero-order chi connectivity index (χ0) is 12.1. The summed E-state index contributed by atoms with van der Waals surface area (Å²) in [4.78, 5) is 13.5. The summed E-state index contributed by atoms with van der Waals surface area (Å²) in [6.45, 7) is 5.04. The fourth-order valence-electron chi connectivity index (χ4n) is 1.36. The maximum atomic E-state index is 11.9. The number of hydrogen-bond donors (Lipinski definition) is 1. The van der Waals surface area contributed by atoms with E-state index in [4.69, 9.17) is 10.5 Å². The van der Waals surface area contributed by atoms with E-state index < -0.39 is 0 Å². The van der Waals surface area contributed by atoms with Gasteiger partial charge >= 0.3 is 0 Å². The first-order valence-corrected chi connectivity index (χ1v) is 5.37. The SMILES string of the molecule is CCOc1cc(N)cc(C(=O)N(C)CC)c1. The average Bonchev–Trinajstić information content (AvgIpc) is 2.26. The van der Waals surface area contributed by atoms with Gasteiger partial charge in [0.05, 0.1) is 6.61 Å². The smallest absolute Gasteiger partial charge is 0.253 e. The summed E-state index contributed by atoms with van der Waals surface area (Å²) in [6.07, 6.45) is 0. The maximum absolute atomic E-state index is 11.9. The van der Waals surface area contributed by atoms with Crippen LogP contribution in [0.15, 0.2) is 18.2 Å². The van der Waals surface area contributed by atoms with Gasteiger partial charge in [-0.2, -0.15) is 0 Å². The Morgan fingerprint density at radius 1 is 1.38 bits per heavy atom. The Kier molecular flexibility index (Phi) is 4.17.